The van der Waals surface area contributed by atoms with E-state index in [2.05, 4.69) is 26.0 Å². The molecule has 2 bridgehead atoms. The molecule has 2 aliphatic heterocycles. The molecule has 3 rings (SSSR count). The molecule has 2 unspecified atom stereocenters. The van der Waals surface area contributed by atoms with Crippen LogP contribution in [-0.4, -0.2) is 45.9 Å². The third-order valence-electron chi connectivity index (χ3n) is 4.35. The van der Waals surface area contributed by atoms with Gasteiger partial charge in [-0.05, 0) is 47.3 Å². The smallest absolute Gasteiger partial charge is 0.407 e. The molecule has 2 saturated heterocycles. The summed E-state index contributed by atoms with van der Waals surface area (Å²) in [6, 6.07) is 5.85. The van der Waals surface area contributed by atoms with Gasteiger partial charge in [-0.15, -0.1) is 0 Å². The van der Waals surface area contributed by atoms with Crippen LogP contribution in [0.5, 0.6) is 0 Å². The van der Waals surface area contributed by atoms with Crippen LogP contribution in [-0.2, 0) is 0 Å². The number of nitrogens with zero attached hydrogens (tertiary/aromatic N) is 4. The number of halogens is 1. The standard InChI is InChI=1S/C15H19BrN4O2/c1-19(14-7-3-6-13(16)17-14)18-10-8-11-4-2-5-12(9-10)20(11)15(21)22/h3,6-7,11-12H,2,4-5,8-9H2,1H3,(H,21,22). The van der Waals surface area contributed by atoms with Crippen molar-refractivity contribution in [2.75, 3.05) is 12.1 Å². The molecule has 0 aromatic carbocycles. The molecule has 1 N–H and O–H groups in total. The van der Waals surface area contributed by atoms with E-state index in [1.54, 1.807) is 9.91 Å². The summed E-state index contributed by atoms with van der Waals surface area (Å²) in [5.74, 6) is 0.771. The van der Waals surface area contributed by atoms with E-state index in [9.17, 15) is 9.90 Å². The van der Waals surface area contributed by atoms with Crippen LogP contribution in [0.1, 0.15) is 32.1 Å². The van der Waals surface area contributed by atoms with Crippen LogP contribution in [0.25, 0.3) is 0 Å². The number of carbonyl (C=O) groups is 1. The first-order chi connectivity index (χ1) is 10.5. The molecule has 2 atom stereocenters. The molecule has 6 nitrogen and oxygen atoms in total. The second-order valence-corrected chi connectivity index (χ2v) is 6.66. The Kier molecular flexibility index (Phi) is 4.33. The summed E-state index contributed by atoms with van der Waals surface area (Å²) in [6.45, 7) is 0. The van der Waals surface area contributed by atoms with Gasteiger partial charge in [0, 0.05) is 37.7 Å². The van der Waals surface area contributed by atoms with Gasteiger partial charge in [0.2, 0.25) is 0 Å². The highest BCUT2D eigenvalue weighted by Gasteiger charge is 2.39. The Morgan fingerprint density at radius 1 is 1.41 bits per heavy atom. The molecule has 2 fully saturated rings. The van der Waals surface area contributed by atoms with Crippen LogP contribution >= 0.6 is 15.9 Å². The summed E-state index contributed by atoms with van der Waals surface area (Å²) in [7, 11) is 1.88. The van der Waals surface area contributed by atoms with Crippen molar-refractivity contribution in [2.45, 2.75) is 44.2 Å². The summed E-state index contributed by atoms with van der Waals surface area (Å²) >= 11 is 3.36. The highest BCUT2D eigenvalue weighted by molar-refractivity contribution is 9.10. The van der Waals surface area contributed by atoms with Gasteiger partial charge in [-0.3, -0.25) is 5.01 Å². The van der Waals surface area contributed by atoms with E-state index in [-0.39, 0.29) is 12.1 Å². The first-order valence-corrected chi connectivity index (χ1v) is 8.28. The lowest BCUT2D eigenvalue weighted by Crippen LogP contribution is -2.54. The topological polar surface area (TPSA) is 69.0 Å². The fourth-order valence-electron chi connectivity index (χ4n) is 3.43. The van der Waals surface area contributed by atoms with Crippen molar-refractivity contribution in [3.8, 4) is 0 Å². The monoisotopic (exact) mass is 366 g/mol. The maximum atomic E-state index is 11.4. The number of hydrogen-bond donors (Lipinski definition) is 1. The molecule has 0 saturated carbocycles. The van der Waals surface area contributed by atoms with E-state index >= 15 is 0 Å². The van der Waals surface area contributed by atoms with Crippen molar-refractivity contribution in [1.29, 1.82) is 0 Å². The maximum absolute atomic E-state index is 11.4. The van der Waals surface area contributed by atoms with Gasteiger partial charge in [-0.25, -0.2) is 9.78 Å². The van der Waals surface area contributed by atoms with Crippen molar-refractivity contribution in [2.24, 2.45) is 5.10 Å². The van der Waals surface area contributed by atoms with E-state index in [0.29, 0.717) is 0 Å². The number of hydrogen-bond acceptors (Lipinski definition) is 4. The van der Waals surface area contributed by atoms with E-state index in [0.717, 1.165) is 48.2 Å². The lowest BCUT2D eigenvalue weighted by Gasteiger charge is -2.44. The van der Waals surface area contributed by atoms with Crippen LogP contribution in [0, 0.1) is 0 Å². The second-order valence-electron chi connectivity index (χ2n) is 5.84. The summed E-state index contributed by atoms with van der Waals surface area (Å²) in [4.78, 5) is 17.4. The molecule has 3 heterocycles. The molecule has 1 aromatic rings. The zero-order valence-corrected chi connectivity index (χ0v) is 14.0. The molecule has 2 aliphatic rings. The number of hydrazone groups is 1. The Labute approximate surface area is 137 Å². The van der Waals surface area contributed by atoms with E-state index in [4.69, 9.17) is 0 Å². The molecular formula is C15H19BrN4O2. The Morgan fingerprint density at radius 3 is 2.68 bits per heavy atom. The van der Waals surface area contributed by atoms with Crippen LogP contribution in [0.4, 0.5) is 10.6 Å². The van der Waals surface area contributed by atoms with Gasteiger partial charge in [0.25, 0.3) is 0 Å². The predicted octanol–water partition coefficient (Wildman–Crippen LogP) is 3.33. The zero-order valence-electron chi connectivity index (χ0n) is 12.4. The van der Waals surface area contributed by atoms with Gasteiger partial charge >= 0.3 is 6.09 Å². The van der Waals surface area contributed by atoms with Gasteiger partial charge in [0.05, 0.1) is 0 Å². The SMILES string of the molecule is CN(N=C1CC2CCCC(C1)N2C(=O)O)c1cccc(Br)n1. The van der Waals surface area contributed by atoms with E-state index < -0.39 is 6.09 Å². The average molecular weight is 367 g/mol. The summed E-state index contributed by atoms with van der Waals surface area (Å²) in [6.07, 6.45) is 3.62. The van der Waals surface area contributed by atoms with Gasteiger partial charge in [-0.1, -0.05) is 6.07 Å². The summed E-state index contributed by atoms with van der Waals surface area (Å²) < 4.78 is 0.773. The Balaban J connectivity index is 1.77. The number of amides is 1. The zero-order chi connectivity index (χ0) is 15.7. The molecular weight excluding hydrogens is 348 g/mol. The first kappa shape index (κ1) is 15.3. The normalized spacial score (nSPS) is 24.1. The number of piperidine rings is 2. The Morgan fingerprint density at radius 2 is 2.09 bits per heavy atom. The molecule has 1 amide bonds. The molecule has 22 heavy (non-hydrogen) atoms. The second kappa shape index (κ2) is 6.24. The average Bonchev–Trinajstić information content (AvgIpc) is 2.46. The minimum atomic E-state index is -0.796. The van der Waals surface area contributed by atoms with E-state index in [1.165, 1.54) is 0 Å². The fourth-order valence-corrected chi connectivity index (χ4v) is 3.76. The molecule has 7 heteroatoms. The third-order valence-corrected chi connectivity index (χ3v) is 4.79. The van der Waals surface area contributed by atoms with Crippen molar-refractivity contribution in [1.82, 2.24) is 9.88 Å². The van der Waals surface area contributed by atoms with Crippen molar-refractivity contribution < 1.29 is 9.90 Å². The predicted molar refractivity (Wildman–Crippen MR) is 88.3 cm³/mol. The van der Waals surface area contributed by atoms with Crippen molar-refractivity contribution >= 4 is 33.6 Å². The number of aromatic nitrogens is 1. The number of fused-ring (bicyclic) bond motifs is 2. The van der Waals surface area contributed by atoms with Crippen LogP contribution < -0.4 is 5.01 Å². The Hall–Kier alpha value is -1.63. The van der Waals surface area contributed by atoms with Gasteiger partial charge in [-0.2, -0.15) is 5.10 Å². The van der Waals surface area contributed by atoms with Crippen LogP contribution in [0.15, 0.2) is 27.9 Å². The first-order valence-electron chi connectivity index (χ1n) is 7.48. The Bertz CT molecular complexity index is 591. The largest absolute Gasteiger partial charge is 0.465 e. The van der Waals surface area contributed by atoms with Crippen LogP contribution in [0.2, 0.25) is 0 Å². The number of anilines is 1. The fraction of sp³-hybridized carbons (Fsp3) is 0.533. The third kappa shape index (κ3) is 3.09. The quantitative estimate of drug-likeness (QED) is 0.643. The number of rotatable bonds is 2. The highest BCUT2D eigenvalue weighted by Crippen LogP contribution is 2.33. The summed E-state index contributed by atoms with van der Waals surface area (Å²) in [5, 5.41) is 15.8. The molecule has 118 valence electrons. The number of pyridine rings is 1. The molecule has 0 spiro atoms. The lowest BCUT2D eigenvalue weighted by atomic mass is 9.84. The van der Waals surface area contributed by atoms with Gasteiger partial charge in [0.15, 0.2) is 0 Å². The van der Waals surface area contributed by atoms with Crippen molar-refractivity contribution in [3.63, 3.8) is 0 Å². The minimum Gasteiger partial charge on any atom is -0.465 e. The van der Waals surface area contributed by atoms with Crippen molar-refractivity contribution in [3.05, 3.63) is 22.8 Å². The summed E-state index contributed by atoms with van der Waals surface area (Å²) in [5.41, 5.74) is 1.07. The van der Waals surface area contributed by atoms with E-state index in [1.807, 2.05) is 25.2 Å². The van der Waals surface area contributed by atoms with Gasteiger partial charge in [0.1, 0.15) is 10.4 Å². The minimum absolute atomic E-state index is 0.0765. The molecule has 0 aliphatic carbocycles. The lowest BCUT2D eigenvalue weighted by molar-refractivity contribution is 0.0675. The number of carboxylic acid groups (broad SMARTS) is 1. The van der Waals surface area contributed by atoms with Gasteiger partial charge < -0.3 is 10.0 Å². The highest BCUT2D eigenvalue weighted by atomic mass is 79.9. The molecule has 1 aromatic heterocycles. The van der Waals surface area contributed by atoms with Crippen LogP contribution in [0.3, 0.4) is 0 Å². The molecule has 0 radical (unpaired) electrons. The maximum Gasteiger partial charge on any atom is 0.407 e.